The Hall–Kier alpha value is -1.03. The zero-order valence-electron chi connectivity index (χ0n) is 7.52. The van der Waals surface area contributed by atoms with E-state index < -0.39 is 0 Å². The van der Waals surface area contributed by atoms with Gasteiger partial charge in [-0.05, 0) is 6.92 Å². The molecule has 0 rings (SSSR count). The number of amides is 2. The third-order valence-electron chi connectivity index (χ3n) is 1.24. The van der Waals surface area contributed by atoms with Crippen LogP contribution in [0.2, 0.25) is 0 Å². The predicted molar refractivity (Wildman–Crippen MR) is 51.3 cm³/mol. The first-order chi connectivity index (χ1) is 6.07. The minimum atomic E-state index is -0.272. The van der Waals surface area contributed by atoms with Crippen LogP contribution in [-0.4, -0.2) is 24.4 Å². The van der Waals surface area contributed by atoms with Crippen LogP contribution < -0.4 is 10.6 Å². The number of carbonyl (C=O) groups is 2. The third-order valence-corrected chi connectivity index (χ3v) is 1.43. The van der Waals surface area contributed by atoms with Gasteiger partial charge in [0, 0.05) is 17.9 Å². The van der Waals surface area contributed by atoms with E-state index in [2.05, 4.69) is 17.2 Å². The van der Waals surface area contributed by atoms with Gasteiger partial charge in [0.2, 0.25) is 11.8 Å². The highest BCUT2D eigenvalue weighted by molar-refractivity contribution is 6.18. The topological polar surface area (TPSA) is 58.2 Å². The van der Waals surface area contributed by atoms with Crippen LogP contribution in [0.3, 0.4) is 0 Å². The molecular weight excluding hydrogens is 192 g/mol. The normalized spacial score (nSPS) is 9.08. The van der Waals surface area contributed by atoms with Crippen molar-refractivity contribution in [3.63, 3.8) is 0 Å². The Morgan fingerprint density at radius 2 is 2.00 bits per heavy atom. The molecule has 0 radical (unpaired) electrons. The number of alkyl halides is 1. The number of carbonyl (C=O) groups excluding carboxylic acids is 2. The van der Waals surface area contributed by atoms with Gasteiger partial charge in [-0.2, -0.15) is 0 Å². The molecule has 74 valence electrons. The summed E-state index contributed by atoms with van der Waals surface area (Å²) in [5.41, 5.74) is 0.409. The van der Waals surface area contributed by atoms with Crippen molar-refractivity contribution in [2.75, 3.05) is 12.5 Å². The second-order valence-electron chi connectivity index (χ2n) is 2.50. The first-order valence-electron chi connectivity index (χ1n) is 3.84. The molecule has 0 aliphatic heterocycles. The van der Waals surface area contributed by atoms with Crippen molar-refractivity contribution >= 4 is 23.4 Å². The molecule has 0 spiro atoms. The Morgan fingerprint density at radius 1 is 1.38 bits per heavy atom. The number of rotatable bonds is 5. The number of hydrogen-bond donors (Lipinski definition) is 2. The van der Waals surface area contributed by atoms with Crippen molar-refractivity contribution in [2.45, 2.75) is 13.3 Å². The monoisotopic (exact) mass is 204 g/mol. The molecule has 0 aliphatic rings. The molecule has 0 aromatic carbocycles. The lowest BCUT2D eigenvalue weighted by Crippen LogP contribution is -2.37. The first kappa shape index (κ1) is 12.0. The SMILES string of the molecule is C=C(C)C(=O)NCNC(=O)CCCl. The van der Waals surface area contributed by atoms with Gasteiger partial charge in [0.15, 0.2) is 0 Å². The highest BCUT2D eigenvalue weighted by atomic mass is 35.5. The molecule has 0 unspecified atom stereocenters. The molecule has 0 bridgehead atoms. The van der Waals surface area contributed by atoms with Gasteiger partial charge in [-0.15, -0.1) is 11.6 Å². The van der Waals surface area contributed by atoms with Gasteiger partial charge in [0.05, 0.1) is 6.67 Å². The van der Waals surface area contributed by atoms with E-state index in [0.717, 1.165) is 0 Å². The van der Waals surface area contributed by atoms with Crippen molar-refractivity contribution < 1.29 is 9.59 Å². The van der Waals surface area contributed by atoms with Crippen LogP contribution in [-0.2, 0) is 9.59 Å². The van der Waals surface area contributed by atoms with Crippen molar-refractivity contribution in [1.29, 1.82) is 0 Å². The second-order valence-corrected chi connectivity index (χ2v) is 2.88. The minimum absolute atomic E-state index is 0.113. The van der Waals surface area contributed by atoms with E-state index in [0.29, 0.717) is 5.57 Å². The fourth-order valence-electron chi connectivity index (χ4n) is 0.548. The van der Waals surface area contributed by atoms with E-state index in [4.69, 9.17) is 11.6 Å². The molecule has 0 saturated heterocycles. The molecule has 2 N–H and O–H groups in total. The Labute approximate surface area is 82.3 Å². The predicted octanol–water partition coefficient (Wildman–Crippen LogP) is 0.381. The van der Waals surface area contributed by atoms with Crippen molar-refractivity contribution in [2.24, 2.45) is 0 Å². The fourth-order valence-corrected chi connectivity index (χ4v) is 0.720. The molecule has 0 saturated carbocycles. The Balaban J connectivity index is 3.50. The van der Waals surface area contributed by atoms with E-state index in [1.54, 1.807) is 6.92 Å². The van der Waals surface area contributed by atoms with Gasteiger partial charge in [-0.3, -0.25) is 9.59 Å². The average Bonchev–Trinajstić information content (AvgIpc) is 2.04. The summed E-state index contributed by atoms with van der Waals surface area (Å²) >= 11 is 5.33. The van der Waals surface area contributed by atoms with E-state index in [9.17, 15) is 9.59 Å². The zero-order valence-corrected chi connectivity index (χ0v) is 8.28. The van der Waals surface area contributed by atoms with Crippen LogP contribution in [0.4, 0.5) is 0 Å². The summed E-state index contributed by atoms with van der Waals surface area (Å²) in [6.45, 7) is 5.15. The summed E-state index contributed by atoms with van der Waals surface area (Å²) in [7, 11) is 0. The molecular formula is C8H13ClN2O2. The highest BCUT2D eigenvalue weighted by Crippen LogP contribution is 1.85. The maximum Gasteiger partial charge on any atom is 0.247 e. The molecule has 0 aromatic rings. The lowest BCUT2D eigenvalue weighted by Gasteiger charge is -2.05. The molecule has 13 heavy (non-hydrogen) atoms. The Kier molecular flexibility index (Phi) is 5.97. The number of hydrogen-bond acceptors (Lipinski definition) is 2. The standard InChI is InChI=1S/C8H13ClN2O2/c1-6(2)8(13)11-5-10-7(12)3-4-9/h1,3-5H2,2H3,(H,10,12)(H,11,13). The van der Waals surface area contributed by atoms with Gasteiger partial charge in [-0.25, -0.2) is 0 Å². The van der Waals surface area contributed by atoms with Crippen LogP contribution in [0.15, 0.2) is 12.2 Å². The van der Waals surface area contributed by atoms with Gasteiger partial charge in [0.1, 0.15) is 0 Å². The summed E-state index contributed by atoms with van der Waals surface area (Å²) < 4.78 is 0. The van der Waals surface area contributed by atoms with Crippen LogP contribution in [0.25, 0.3) is 0 Å². The molecule has 2 amide bonds. The average molecular weight is 205 g/mol. The smallest absolute Gasteiger partial charge is 0.247 e. The van der Waals surface area contributed by atoms with Gasteiger partial charge >= 0.3 is 0 Å². The first-order valence-corrected chi connectivity index (χ1v) is 4.37. The quantitative estimate of drug-likeness (QED) is 0.387. The number of nitrogens with one attached hydrogen (secondary N) is 2. The molecule has 0 atom stereocenters. The molecule has 0 aliphatic carbocycles. The van der Waals surface area contributed by atoms with Crippen molar-refractivity contribution in [3.8, 4) is 0 Å². The number of halogens is 1. The molecule has 0 heterocycles. The van der Waals surface area contributed by atoms with Gasteiger partial charge < -0.3 is 10.6 Å². The van der Waals surface area contributed by atoms with E-state index in [1.165, 1.54) is 0 Å². The maximum absolute atomic E-state index is 10.9. The molecule has 0 aromatic heterocycles. The lowest BCUT2D eigenvalue weighted by atomic mass is 10.3. The van der Waals surface area contributed by atoms with Crippen LogP contribution >= 0.6 is 11.6 Å². The molecule has 5 heteroatoms. The highest BCUT2D eigenvalue weighted by Gasteiger charge is 2.01. The summed E-state index contributed by atoms with van der Waals surface area (Å²) in [4.78, 5) is 21.7. The summed E-state index contributed by atoms with van der Waals surface area (Å²) in [5.74, 6) is -0.177. The molecule has 4 nitrogen and oxygen atoms in total. The van der Waals surface area contributed by atoms with Crippen LogP contribution in [0, 0.1) is 0 Å². The van der Waals surface area contributed by atoms with E-state index in [1.807, 2.05) is 0 Å². The van der Waals surface area contributed by atoms with E-state index >= 15 is 0 Å². The Morgan fingerprint density at radius 3 is 2.46 bits per heavy atom. The van der Waals surface area contributed by atoms with Gasteiger partial charge in [-0.1, -0.05) is 6.58 Å². The maximum atomic E-state index is 10.9. The van der Waals surface area contributed by atoms with Crippen LogP contribution in [0.1, 0.15) is 13.3 Å². The summed E-state index contributed by atoms with van der Waals surface area (Å²) in [6, 6.07) is 0. The van der Waals surface area contributed by atoms with Crippen LogP contribution in [0.5, 0.6) is 0 Å². The Bertz CT molecular complexity index is 216. The third kappa shape index (κ3) is 6.16. The second kappa shape index (κ2) is 6.48. The zero-order chi connectivity index (χ0) is 10.3. The fraction of sp³-hybridized carbons (Fsp3) is 0.500. The summed E-state index contributed by atoms with van der Waals surface area (Å²) in [6.07, 6.45) is 0.254. The van der Waals surface area contributed by atoms with Gasteiger partial charge in [0.25, 0.3) is 0 Å². The molecule has 0 fully saturated rings. The lowest BCUT2D eigenvalue weighted by molar-refractivity contribution is -0.121. The summed E-state index contributed by atoms with van der Waals surface area (Å²) in [5, 5.41) is 4.93. The van der Waals surface area contributed by atoms with E-state index in [-0.39, 0.29) is 30.8 Å². The van der Waals surface area contributed by atoms with Crippen molar-refractivity contribution in [1.82, 2.24) is 10.6 Å². The van der Waals surface area contributed by atoms with Crippen molar-refractivity contribution in [3.05, 3.63) is 12.2 Å². The largest absolute Gasteiger partial charge is 0.339 e. The minimum Gasteiger partial charge on any atom is -0.339 e.